The van der Waals surface area contributed by atoms with Crippen molar-refractivity contribution >= 4 is 21.9 Å². The Hall–Kier alpha value is -1.53. The van der Waals surface area contributed by atoms with Crippen LogP contribution in [0.3, 0.4) is 0 Å². The van der Waals surface area contributed by atoms with Crippen LogP contribution in [0.1, 0.15) is 24.8 Å². The third-order valence-electron chi connectivity index (χ3n) is 3.92. The van der Waals surface area contributed by atoms with Gasteiger partial charge in [-0.15, -0.1) is 0 Å². The van der Waals surface area contributed by atoms with E-state index < -0.39 is 12.0 Å². The fourth-order valence-corrected chi connectivity index (χ4v) is 3.45. The highest BCUT2D eigenvalue weighted by molar-refractivity contribution is 9.10. The van der Waals surface area contributed by atoms with Crippen molar-refractivity contribution in [2.45, 2.75) is 31.8 Å². The van der Waals surface area contributed by atoms with Gasteiger partial charge in [-0.05, 0) is 53.0 Å². The molecule has 0 bridgehead atoms. The van der Waals surface area contributed by atoms with Crippen molar-refractivity contribution in [2.75, 3.05) is 20.3 Å². The molecule has 0 radical (unpaired) electrons. The van der Waals surface area contributed by atoms with Gasteiger partial charge in [0.25, 0.3) is 0 Å². The number of methoxy groups -OCH3 is 1. The molecular weight excluding hydrogens is 362 g/mol. The Morgan fingerprint density at radius 3 is 2.96 bits per heavy atom. The first kappa shape index (κ1) is 17.8. The molecular formula is C17H22BrNO4. The molecule has 1 aromatic carbocycles. The maximum absolute atomic E-state index is 11.4. The number of carboxylic acid groups (broad SMARTS) is 1. The fourth-order valence-electron chi connectivity index (χ4n) is 2.84. The number of nitrogens with zero attached hydrogens (tertiary/aromatic N) is 1. The molecule has 1 aliphatic heterocycles. The number of piperidine rings is 1. The molecule has 0 aromatic heterocycles. The Bertz CT molecular complexity index is 576. The van der Waals surface area contributed by atoms with Crippen LogP contribution in [-0.4, -0.2) is 42.3 Å². The molecule has 0 spiro atoms. The van der Waals surface area contributed by atoms with Crippen LogP contribution >= 0.6 is 15.9 Å². The van der Waals surface area contributed by atoms with Crippen LogP contribution < -0.4 is 9.47 Å². The van der Waals surface area contributed by atoms with Gasteiger partial charge in [0.15, 0.2) is 11.5 Å². The number of benzene rings is 1. The van der Waals surface area contributed by atoms with Gasteiger partial charge in [-0.3, -0.25) is 9.69 Å². The van der Waals surface area contributed by atoms with Gasteiger partial charge in [-0.2, -0.15) is 0 Å². The number of hydrogen-bond acceptors (Lipinski definition) is 4. The van der Waals surface area contributed by atoms with Crippen LogP contribution in [0.5, 0.6) is 11.5 Å². The van der Waals surface area contributed by atoms with Gasteiger partial charge < -0.3 is 14.6 Å². The zero-order chi connectivity index (χ0) is 16.8. The standard InChI is InChI=1S/C17H22BrNO4/c1-3-8-23-16-13(18)9-12(10-15(16)22-2)11-19-7-5-4-6-14(19)17(20)21/h3,9-10,14H,1,4-8,11H2,2H3,(H,20,21). The first-order valence-electron chi connectivity index (χ1n) is 7.63. The molecule has 1 unspecified atom stereocenters. The predicted octanol–water partition coefficient (Wildman–Crippen LogP) is 3.46. The van der Waals surface area contributed by atoms with Gasteiger partial charge in [0.1, 0.15) is 12.6 Å². The minimum absolute atomic E-state index is 0.390. The Morgan fingerprint density at radius 1 is 1.52 bits per heavy atom. The van der Waals surface area contributed by atoms with E-state index in [0.29, 0.717) is 31.1 Å². The van der Waals surface area contributed by atoms with E-state index in [-0.39, 0.29) is 0 Å². The minimum Gasteiger partial charge on any atom is -0.493 e. The van der Waals surface area contributed by atoms with Crippen molar-refractivity contribution in [3.63, 3.8) is 0 Å². The molecule has 0 aliphatic carbocycles. The average molecular weight is 384 g/mol. The summed E-state index contributed by atoms with van der Waals surface area (Å²) in [5.41, 5.74) is 0.993. The molecule has 1 saturated heterocycles. The molecule has 1 N–H and O–H groups in total. The molecule has 0 saturated carbocycles. The molecule has 0 amide bonds. The normalized spacial score (nSPS) is 18.4. The van der Waals surface area contributed by atoms with Crippen molar-refractivity contribution in [3.8, 4) is 11.5 Å². The third kappa shape index (κ3) is 4.48. The summed E-state index contributed by atoms with van der Waals surface area (Å²) in [4.78, 5) is 13.4. The van der Waals surface area contributed by atoms with Crippen LogP contribution in [0.25, 0.3) is 0 Å². The fraction of sp³-hybridized carbons (Fsp3) is 0.471. The molecule has 1 aliphatic rings. The number of rotatable bonds is 7. The van der Waals surface area contributed by atoms with Crippen LogP contribution in [-0.2, 0) is 11.3 Å². The third-order valence-corrected chi connectivity index (χ3v) is 4.51. The second-order valence-corrected chi connectivity index (χ2v) is 6.38. The summed E-state index contributed by atoms with van der Waals surface area (Å²) in [5, 5.41) is 9.38. The topological polar surface area (TPSA) is 59.0 Å². The van der Waals surface area contributed by atoms with E-state index in [1.807, 2.05) is 17.0 Å². The summed E-state index contributed by atoms with van der Waals surface area (Å²) < 4.78 is 11.8. The average Bonchev–Trinajstić information content (AvgIpc) is 2.53. The highest BCUT2D eigenvalue weighted by Gasteiger charge is 2.28. The second-order valence-electron chi connectivity index (χ2n) is 5.53. The number of hydrogen-bond donors (Lipinski definition) is 1. The number of carbonyl (C=O) groups is 1. The summed E-state index contributed by atoms with van der Waals surface area (Å²) in [6.45, 7) is 5.40. The lowest BCUT2D eigenvalue weighted by atomic mass is 10.0. The molecule has 126 valence electrons. The largest absolute Gasteiger partial charge is 0.493 e. The number of likely N-dealkylation sites (tertiary alicyclic amines) is 1. The van der Waals surface area contributed by atoms with Gasteiger partial charge >= 0.3 is 5.97 Å². The monoisotopic (exact) mass is 383 g/mol. The van der Waals surface area contributed by atoms with Gasteiger partial charge in [0, 0.05) is 6.54 Å². The molecule has 1 aromatic rings. The Morgan fingerprint density at radius 2 is 2.30 bits per heavy atom. The van der Waals surface area contributed by atoms with Gasteiger partial charge in [0.2, 0.25) is 0 Å². The Balaban J connectivity index is 2.20. The van der Waals surface area contributed by atoms with E-state index in [4.69, 9.17) is 9.47 Å². The zero-order valence-corrected chi connectivity index (χ0v) is 14.8. The van der Waals surface area contributed by atoms with E-state index in [0.717, 1.165) is 29.4 Å². The highest BCUT2D eigenvalue weighted by atomic mass is 79.9. The Labute approximate surface area is 145 Å². The number of ether oxygens (including phenoxy) is 2. The van der Waals surface area contributed by atoms with E-state index in [1.54, 1.807) is 13.2 Å². The lowest BCUT2D eigenvalue weighted by Crippen LogP contribution is -2.44. The first-order chi connectivity index (χ1) is 11.1. The van der Waals surface area contributed by atoms with Crippen molar-refractivity contribution in [3.05, 3.63) is 34.8 Å². The first-order valence-corrected chi connectivity index (χ1v) is 8.43. The van der Waals surface area contributed by atoms with Crippen molar-refractivity contribution < 1.29 is 19.4 Å². The van der Waals surface area contributed by atoms with Crippen molar-refractivity contribution in [2.24, 2.45) is 0 Å². The van der Waals surface area contributed by atoms with Gasteiger partial charge in [-0.25, -0.2) is 0 Å². The molecule has 1 heterocycles. The quantitative estimate of drug-likeness (QED) is 0.730. The maximum atomic E-state index is 11.4. The smallest absolute Gasteiger partial charge is 0.320 e. The second kappa shape index (κ2) is 8.36. The van der Waals surface area contributed by atoms with Crippen LogP contribution in [0.15, 0.2) is 29.3 Å². The van der Waals surface area contributed by atoms with Crippen molar-refractivity contribution in [1.82, 2.24) is 4.90 Å². The predicted molar refractivity (Wildman–Crippen MR) is 92.1 cm³/mol. The van der Waals surface area contributed by atoms with Gasteiger partial charge in [0.05, 0.1) is 11.6 Å². The summed E-state index contributed by atoms with van der Waals surface area (Å²) in [6.07, 6.45) is 4.37. The molecule has 6 heteroatoms. The summed E-state index contributed by atoms with van der Waals surface area (Å²) >= 11 is 3.50. The van der Waals surface area contributed by atoms with E-state index in [2.05, 4.69) is 22.5 Å². The highest BCUT2D eigenvalue weighted by Crippen LogP contribution is 2.37. The molecule has 2 rings (SSSR count). The number of carboxylic acids is 1. The molecule has 1 atom stereocenters. The van der Waals surface area contributed by atoms with E-state index in [1.165, 1.54) is 0 Å². The van der Waals surface area contributed by atoms with Crippen molar-refractivity contribution in [1.29, 1.82) is 0 Å². The summed E-state index contributed by atoms with van der Waals surface area (Å²) in [5.74, 6) is 0.506. The van der Waals surface area contributed by atoms with Crippen LogP contribution in [0.2, 0.25) is 0 Å². The van der Waals surface area contributed by atoms with E-state index in [9.17, 15) is 9.90 Å². The lowest BCUT2D eigenvalue weighted by molar-refractivity contribution is -0.144. The van der Waals surface area contributed by atoms with Crippen LogP contribution in [0, 0.1) is 0 Å². The summed E-state index contributed by atoms with van der Waals surface area (Å²) in [7, 11) is 1.59. The lowest BCUT2D eigenvalue weighted by Gasteiger charge is -2.33. The number of aliphatic carboxylic acids is 1. The summed E-state index contributed by atoms with van der Waals surface area (Å²) in [6, 6.07) is 3.44. The number of halogens is 1. The maximum Gasteiger partial charge on any atom is 0.320 e. The van der Waals surface area contributed by atoms with Gasteiger partial charge in [-0.1, -0.05) is 19.1 Å². The van der Waals surface area contributed by atoms with Crippen LogP contribution in [0.4, 0.5) is 0 Å². The minimum atomic E-state index is -0.748. The molecule has 1 fully saturated rings. The zero-order valence-electron chi connectivity index (χ0n) is 13.3. The Kier molecular flexibility index (Phi) is 6.47. The molecule has 23 heavy (non-hydrogen) atoms. The van der Waals surface area contributed by atoms with E-state index >= 15 is 0 Å². The SMILES string of the molecule is C=CCOc1c(Br)cc(CN2CCCCC2C(=O)O)cc1OC. The molecule has 5 nitrogen and oxygen atoms in total.